The Hall–Kier alpha value is -1.75. The fourth-order valence-electron chi connectivity index (χ4n) is 1.29. The molecule has 0 unspecified atom stereocenters. The molecule has 0 bridgehead atoms. The molecule has 0 radical (unpaired) electrons. The number of benzene rings is 1. The van der Waals surface area contributed by atoms with Crippen LogP contribution in [0.4, 0.5) is 0 Å². The number of fused-ring (bicyclic) bond motifs is 1. The third-order valence-corrected chi connectivity index (χ3v) is 2.02. The smallest absolute Gasteiger partial charge is 0.231 e. The molecule has 1 aliphatic heterocycles. The topological polar surface area (TPSA) is 77.1 Å². The van der Waals surface area contributed by atoms with Crippen molar-refractivity contribution in [2.45, 2.75) is 0 Å². The number of nitrogens with two attached hydrogens (primary N) is 1. The first-order valence-corrected chi connectivity index (χ1v) is 4.16. The lowest BCUT2D eigenvalue weighted by molar-refractivity contribution is 0.174. The molecule has 1 heterocycles. The first-order chi connectivity index (χ1) is 6.85. The Balaban J connectivity index is 2.37. The second kappa shape index (κ2) is 3.55. The molecule has 1 aromatic rings. The minimum atomic E-state index is 0.177. The second-order valence-corrected chi connectivity index (χ2v) is 2.82. The summed E-state index contributed by atoms with van der Waals surface area (Å²) in [4.78, 5) is 0. The van der Waals surface area contributed by atoms with Gasteiger partial charge in [-0.15, -0.1) is 0 Å². The summed E-state index contributed by atoms with van der Waals surface area (Å²) in [6.45, 7) is 0.406. The van der Waals surface area contributed by atoms with Gasteiger partial charge in [0.05, 0.1) is 0 Å². The molecule has 1 aromatic carbocycles. The molecule has 74 valence electrons. The average molecular weight is 194 g/mol. The Labute approximate surface area is 80.7 Å². The predicted molar refractivity (Wildman–Crippen MR) is 49.9 cm³/mol. The molecular weight excluding hydrogens is 184 g/mol. The van der Waals surface area contributed by atoms with E-state index in [4.69, 9.17) is 20.4 Å². The lowest BCUT2D eigenvalue weighted by Gasteiger charge is -2.02. The number of hydrogen-bond donors (Lipinski definition) is 2. The van der Waals surface area contributed by atoms with Gasteiger partial charge in [-0.1, -0.05) is 5.16 Å². The molecule has 3 N–H and O–H groups in total. The third kappa shape index (κ3) is 1.38. The van der Waals surface area contributed by atoms with Crippen LogP contribution in [0, 0.1) is 0 Å². The van der Waals surface area contributed by atoms with E-state index in [9.17, 15) is 0 Å². The Bertz CT molecular complexity index is 376. The molecule has 0 saturated heterocycles. The molecule has 0 saturated carbocycles. The fourth-order valence-corrected chi connectivity index (χ4v) is 1.29. The van der Waals surface area contributed by atoms with Crippen molar-refractivity contribution >= 4 is 5.71 Å². The van der Waals surface area contributed by atoms with Crippen molar-refractivity contribution in [1.82, 2.24) is 0 Å². The van der Waals surface area contributed by atoms with Gasteiger partial charge in [-0.05, 0) is 18.2 Å². The Kier molecular flexibility index (Phi) is 2.24. The van der Waals surface area contributed by atoms with Crippen LogP contribution in [0.3, 0.4) is 0 Å². The molecule has 0 atom stereocenters. The lowest BCUT2D eigenvalue weighted by atomic mass is 10.1. The summed E-state index contributed by atoms with van der Waals surface area (Å²) in [6.07, 6.45) is 0. The van der Waals surface area contributed by atoms with Crippen molar-refractivity contribution in [3.63, 3.8) is 0 Å². The second-order valence-electron chi connectivity index (χ2n) is 2.82. The third-order valence-electron chi connectivity index (χ3n) is 2.02. The summed E-state index contributed by atoms with van der Waals surface area (Å²) in [6, 6.07) is 5.28. The highest BCUT2D eigenvalue weighted by Crippen LogP contribution is 2.32. The number of hydrogen-bond acceptors (Lipinski definition) is 5. The van der Waals surface area contributed by atoms with Gasteiger partial charge in [0.15, 0.2) is 11.5 Å². The van der Waals surface area contributed by atoms with Gasteiger partial charge in [-0.3, -0.25) is 0 Å². The maximum Gasteiger partial charge on any atom is 0.231 e. The zero-order chi connectivity index (χ0) is 9.97. The van der Waals surface area contributed by atoms with Crippen molar-refractivity contribution in [3.05, 3.63) is 23.8 Å². The van der Waals surface area contributed by atoms with Gasteiger partial charge in [0.25, 0.3) is 0 Å². The Morgan fingerprint density at radius 1 is 1.43 bits per heavy atom. The normalized spacial score (nSPS) is 14.5. The first kappa shape index (κ1) is 8.83. The monoisotopic (exact) mass is 194 g/mol. The van der Waals surface area contributed by atoms with Gasteiger partial charge < -0.3 is 20.4 Å². The van der Waals surface area contributed by atoms with E-state index >= 15 is 0 Å². The van der Waals surface area contributed by atoms with E-state index in [0.717, 1.165) is 5.56 Å². The highest BCUT2D eigenvalue weighted by molar-refractivity contribution is 6.02. The Morgan fingerprint density at radius 3 is 2.93 bits per heavy atom. The predicted octanol–water partition coefficient (Wildman–Crippen LogP) is 0.552. The van der Waals surface area contributed by atoms with Crippen LogP contribution in [-0.2, 0) is 0 Å². The summed E-state index contributed by atoms with van der Waals surface area (Å²) in [5.41, 5.74) is 6.55. The van der Waals surface area contributed by atoms with Crippen LogP contribution in [0.1, 0.15) is 5.56 Å². The molecule has 5 nitrogen and oxygen atoms in total. The number of rotatable bonds is 2. The van der Waals surface area contributed by atoms with Crippen molar-refractivity contribution < 1.29 is 14.7 Å². The van der Waals surface area contributed by atoms with Crippen LogP contribution in [0.5, 0.6) is 11.5 Å². The highest BCUT2D eigenvalue weighted by atomic mass is 16.7. The molecule has 5 heteroatoms. The number of ether oxygens (including phenoxy) is 2. The maximum absolute atomic E-state index is 8.66. The minimum Gasteiger partial charge on any atom is -0.454 e. The van der Waals surface area contributed by atoms with Gasteiger partial charge in [0.2, 0.25) is 6.79 Å². The molecule has 0 fully saturated rings. The van der Waals surface area contributed by atoms with E-state index in [1.165, 1.54) is 0 Å². The largest absolute Gasteiger partial charge is 0.454 e. The van der Waals surface area contributed by atoms with Crippen LogP contribution >= 0.6 is 0 Å². The number of nitrogens with zero attached hydrogens (tertiary/aromatic N) is 1. The summed E-state index contributed by atoms with van der Waals surface area (Å²) >= 11 is 0. The van der Waals surface area contributed by atoms with Gasteiger partial charge >= 0.3 is 0 Å². The van der Waals surface area contributed by atoms with E-state index in [0.29, 0.717) is 17.2 Å². The number of oxime groups is 1. The molecule has 0 aliphatic carbocycles. The van der Waals surface area contributed by atoms with E-state index in [-0.39, 0.29) is 13.3 Å². The van der Waals surface area contributed by atoms with Crippen LogP contribution in [0.25, 0.3) is 0 Å². The lowest BCUT2D eigenvalue weighted by Crippen LogP contribution is -2.14. The van der Waals surface area contributed by atoms with Gasteiger partial charge in [-0.2, -0.15) is 0 Å². The molecule has 1 aliphatic rings. The van der Waals surface area contributed by atoms with E-state index < -0.39 is 0 Å². The zero-order valence-electron chi connectivity index (χ0n) is 7.43. The molecule has 14 heavy (non-hydrogen) atoms. The standard InChI is InChI=1S/C9H10N2O3/c10-4-7(11-12)6-1-2-8-9(3-6)14-5-13-8/h1-3,12H,4-5,10H2/b11-7+. The molecule has 0 aromatic heterocycles. The van der Waals surface area contributed by atoms with Gasteiger partial charge in [-0.25, -0.2) is 0 Å². The van der Waals surface area contributed by atoms with Gasteiger partial charge in [0.1, 0.15) is 5.71 Å². The zero-order valence-corrected chi connectivity index (χ0v) is 7.43. The first-order valence-electron chi connectivity index (χ1n) is 4.16. The molecule has 2 rings (SSSR count). The van der Waals surface area contributed by atoms with Crippen molar-refractivity contribution in [2.75, 3.05) is 13.3 Å². The van der Waals surface area contributed by atoms with Crippen molar-refractivity contribution in [1.29, 1.82) is 0 Å². The van der Waals surface area contributed by atoms with E-state index in [1.807, 2.05) is 0 Å². The average Bonchev–Trinajstić information content (AvgIpc) is 2.66. The summed E-state index contributed by atoms with van der Waals surface area (Å²) < 4.78 is 10.3. The van der Waals surface area contributed by atoms with Crippen LogP contribution in [0.2, 0.25) is 0 Å². The van der Waals surface area contributed by atoms with Crippen LogP contribution in [0.15, 0.2) is 23.4 Å². The molecule has 0 spiro atoms. The van der Waals surface area contributed by atoms with Gasteiger partial charge in [0, 0.05) is 12.1 Å². The quantitative estimate of drug-likeness (QED) is 0.409. The van der Waals surface area contributed by atoms with E-state index in [2.05, 4.69) is 5.16 Å². The maximum atomic E-state index is 8.66. The van der Waals surface area contributed by atoms with Crippen molar-refractivity contribution in [2.24, 2.45) is 10.9 Å². The van der Waals surface area contributed by atoms with Crippen LogP contribution < -0.4 is 15.2 Å². The Morgan fingerprint density at radius 2 is 2.21 bits per heavy atom. The molecule has 0 amide bonds. The summed E-state index contributed by atoms with van der Waals surface area (Å²) in [5, 5.41) is 11.8. The SMILES string of the molecule is NC/C(=N\O)c1ccc2c(c1)OCO2. The summed E-state index contributed by atoms with van der Waals surface area (Å²) in [5.74, 6) is 1.35. The minimum absolute atomic E-state index is 0.177. The van der Waals surface area contributed by atoms with E-state index in [1.54, 1.807) is 18.2 Å². The highest BCUT2D eigenvalue weighted by Gasteiger charge is 2.14. The molecular formula is C9H10N2O3. The van der Waals surface area contributed by atoms with Crippen LogP contribution in [-0.4, -0.2) is 24.3 Å². The van der Waals surface area contributed by atoms with Crippen molar-refractivity contribution in [3.8, 4) is 11.5 Å². The fraction of sp³-hybridized carbons (Fsp3) is 0.222. The summed E-state index contributed by atoms with van der Waals surface area (Å²) in [7, 11) is 0.